The first-order chi connectivity index (χ1) is 10.2. The van der Waals surface area contributed by atoms with Crippen LogP contribution in [0.2, 0.25) is 0 Å². The monoisotopic (exact) mass is 301 g/mol. The molecule has 1 aliphatic rings. The molecule has 1 N–H and O–H groups in total. The lowest BCUT2D eigenvalue weighted by molar-refractivity contribution is -0.120. The van der Waals surface area contributed by atoms with E-state index in [1.54, 1.807) is 28.7 Å². The number of rotatable bonds is 3. The van der Waals surface area contributed by atoms with Crippen LogP contribution in [0, 0.1) is 0 Å². The molecule has 1 atom stereocenters. The molecule has 5 nitrogen and oxygen atoms in total. The van der Waals surface area contributed by atoms with E-state index in [0.717, 1.165) is 4.88 Å². The molecular weight excluding hydrogens is 286 g/mol. The summed E-state index contributed by atoms with van der Waals surface area (Å²) in [6, 6.07) is 6.71. The third-order valence-electron chi connectivity index (χ3n) is 3.51. The molecule has 2 heterocycles. The van der Waals surface area contributed by atoms with E-state index in [-0.39, 0.29) is 11.8 Å². The number of aromatic nitrogens is 1. The summed E-state index contributed by atoms with van der Waals surface area (Å²) in [6.07, 6.45) is 2.32. The molecule has 0 fully saturated rings. The summed E-state index contributed by atoms with van der Waals surface area (Å²) >= 11 is 1.50. The van der Waals surface area contributed by atoms with Gasteiger partial charge in [0.05, 0.1) is 23.3 Å². The van der Waals surface area contributed by atoms with Gasteiger partial charge in [-0.05, 0) is 18.6 Å². The van der Waals surface area contributed by atoms with Gasteiger partial charge < -0.3 is 10.2 Å². The quantitative estimate of drug-likeness (QED) is 0.945. The summed E-state index contributed by atoms with van der Waals surface area (Å²) in [4.78, 5) is 31.7. The molecule has 1 aliphatic heterocycles. The number of para-hydroxylation sites is 1. The van der Waals surface area contributed by atoms with Gasteiger partial charge >= 0.3 is 0 Å². The minimum atomic E-state index is -0.488. The maximum atomic E-state index is 12.7. The molecule has 0 aliphatic carbocycles. The zero-order valence-electron chi connectivity index (χ0n) is 11.6. The van der Waals surface area contributed by atoms with Crippen molar-refractivity contribution in [3.8, 4) is 0 Å². The summed E-state index contributed by atoms with van der Waals surface area (Å²) in [5.74, 6) is -0.276. The van der Waals surface area contributed by atoms with Crippen LogP contribution in [-0.2, 0) is 11.3 Å². The van der Waals surface area contributed by atoms with Crippen LogP contribution in [0.4, 0.5) is 5.69 Å². The van der Waals surface area contributed by atoms with Crippen LogP contribution < -0.4 is 10.2 Å². The molecule has 3 rings (SSSR count). The molecule has 0 spiro atoms. The zero-order chi connectivity index (χ0) is 14.8. The van der Waals surface area contributed by atoms with Crippen LogP contribution in [0.25, 0.3) is 0 Å². The number of amides is 2. The van der Waals surface area contributed by atoms with Crippen LogP contribution in [-0.4, -0.2) is 22.8 Å². The lowest BCUT2D eigenvalue weighted by Crippen LogP contribution is -2.45. The molecular formula is C15H15N3O2S. The first kappa shape index (κ1) is 13.8. The van der Waals surface area contributed by atoms with E-state index in [0.29, 0.717) is 24.2 Å². The second-order valence-electron chi connectivity index (χ2n) is 4.84. The molecule has 1 aromatic heterocycles. The number of carbonyl (C=O) groups excluding carboxylic acids is 2. The molecule has 108 valence electrons. The van der Waals surface area contributed by atoms with E-state index in [2.05, 4.69) is 10.3 Å². The van der Waals surface area contributed by atoms with E-state index in [9.17, 15) is 9.59 Å². The van der Waals surface area contributed by atoms with Crippen LogP contribution >= 0.6 is 11.3 Å². The Kier molecular flexibility index (Phi) is 3.70. The highest BCUT2D eigenvalue weighted by atomic mass is 32.1. The highest BCUT2D eigenvalue weighted by Crippen LogP contribution is 2.27. The highest BCUT2D eigenvalue weighted by molar-refractivity contribution is 7.09. The van der Waals surface area contributed by atoms with Gasteiger partial charge in [0, 0.05) is 11.1 Å². The average molecular weight is 301 g/mol. The molecule has 1 unspecified atom stereocenters. The number of nitrogens with one attached hydrogen (secondary N) is 1. The molecule has 0 saturated carbocycles. The number of hydrogen-bond acceptors (Lipinski definition) is 4. The Morgan fingerprint density at radius 1 is 1.33 bits per heavy atom. The number of fused-ring (bicyclic) bond motifs is 1. The predicted molar refractivity (Wildman–Crippen MR) is 81.3 cm³/mol. The van der Waals surface area contributed by atoms with E-state index >= 15 is 0 Å². The van der Waals surface area contributed by atoms with Crippen molar-refractivity contribution in [2.75, 3.05) is 4.90 Å². The van der Waals surface area contributed by atoms with Crippen molar-refractivity contribution in [3.63, 3.8) is 0 Å². The lowest BCUT2D eigenvalue weighted by Gasteiger charge is -2.24. The summed E-state index contributed by atoms with van der Waals surface area (Å²) in [5, 5.41) is 2.80. The van der Waals surface area contributed by atoms with Crippen molar-refractivity contribution < 1.29 is 9.59 Å². The topological polar surface area (TPSA) is 62.3 Å². The number of anilines is 1. The number of thiazole rings is 1. The normalized spacial score (nSPS) is 18.1. The minimum absolute atomic E-state index is 0.0794. The fourth-order valence-corrected chi connectivity index (χ4v) is 3.00. The third kappa shape index (κ3) is 2.54. The summed E-state index contributed by atoms with van der Waals surface area (Å²) in [6.45, 7) is 2.33. The maximum Gasteiger partial charge on any atom is 0.254 e. The van der Waals surface area contributed by atoms with Crippen molar-refractivity contribution >= 4 is 28.8 Å². The molecule has 21 heavy (non-hydrogen) atoms. The summed E-state index contributed by atoms with van der Waals surface area (Å²) in [5.41, 5.74) is 2.93. The largest absolute Gasteiger partial charge is 0.340 e. The second-order valence-corrected chi connectivity index (χ2v) is 5.81. The van der Waals surface area contributed by atoms with Gasteiger partial charge in [-0.3, -0.25) is 14.6 Å². The van der Waals surface area contributed by atoms with E-state index in [4.69, 9.17) is 0 Å². The van der Waals surface area contributed by atoms with Crippen molar-refractivity contribution in [3.05, 3.63) is 46.4 Å². The molecule has 1 aromatic carbocycles. The van der Waals surface area contributed by atoms with Gasteiger partial charge in [0.15, 0.2) is 0 Å². The Morgan fingerprint density at radius 3 is 2.86 bits per heavy atom. The molecule has 0 radical (unpaired) electrons. The van der Waals surface area contributed by atoms with Gasteiger partial charge in [-0.25, -0.2) is 0 Å². The first-order valence-electron chi connectivity index (χ1n) is 6.79. The highest BCUT2D eigenvalue weighted by Gasteiger charge is 2.32. The van der Waals surface area contributed by atoms with Crippen LogP contribution in [0.15, 0.2) is 36.0 Å². The van der Waals surface area contributed by atoms with E-state index < -0.39 is 6.04 Å². The Morgan fingerprint density at radius 2 is 2.14 bits per heavy atom. The molecule has 2 aromatic rings. The van der Waals surface area contributed by atoms with E-state index in [1.165, 1.54) is 11.3 Å². The fraction of sp³-hybridized carbons (Fsp3) is 0.267. The van der Waals surface area contributed by atoms with Gasteiger partial charge in [-0.15, -0.1) is 11.3 Å². The van der Waals surface area contributed by atoms with Gasteiger partial charge in [-0.1, -0.05) is 19.1 Å². The van der Waals surface area contributed by atoms with Crippen LogP contribution in [0.3, 0.4) is 0 Å². The van der Waals surface area contributed by atoms with Crippen LogP contribution in [0.5, 0.6) is 0 Å². The lowest BCUT2D eigenvalue weighted by atomic mass is 10.1. The van der Waals surface area contributed by atoms with Gasteiger partial charge in [-0.2, -0.15) is 0 Å². The number of carbonyl (C=O) groups is 2. The fourth-order valence-electron chi connectivity index (χ4n) is 2.42. The Bertz CT molecular complexity index is 669. The Labute approximate surface area is 126 Å². The smallest absolute Gasteiger partial charge is 0.254 e. The van der Waals surface area contributed by atoms with Crippen molar-refractivity contribution in [1.29, 1.82) is 0 Å². The van der Waals surface area contributed by atoms with Gasteiger partial charge in [0.2, 0.25) is 5.91 Å². The SMILES string of the molecule is CCC1NC(=O)c2ccccc2N(Cc2cncs2)C1=O. The third-order valence-corrected chi connectivity index (χ3v) is 4.28. The molecule has 0 saturated heterocycles. The number of nitrogens with zero attached hydrogens (tertiary/aromatic N) is 2. The van der Waals surface area contributed by atoms with Gasteiger partial charge in [0.1, 0.15) is 6.04 Å². The summed E-state index contributed by atoms with van der Waals surface area (Å²) in [7, 11) is 0. The van der Waals surface area contributed by atoms with Crippen LogP contribution in [0.1, 0.15) is 28.6 Å². The predicted octanol–water partition coefficient (Wildman–Crippen LogP) is 2.20. The molecule has 6 heteroatoms. The second kappa shape index (κ2) is 5.65. The standard InChI is InChI=1S/C15H15N3O2S/c1-2-12-15(20)18(8-10-7-16-9-21-10)13-6-4-3-5-11(13)14(19)17-12/h3-7,9,12H,2,8H2,1H3,(H,17,19). The van der Waals surface area contributed by atoms with Crippen molar-refractivity contribution in [2.24, 2.45) is 0 Å². The van der Waals surface area contributed by atoms with Gasteiger partial charge in [0.25, 0.3) is 5.91 Å². The Balaban J connectivity index is 2.06. The number of hydrogen-bond donors (Lipinski definition) is 1. The minimum Gasteiger partial charge on any atom is -0.340 e. The number of benzene rings is 1. The summed E-state index contributed by atoms with van der Waals surface area (Å²) < 4.78 is 0. The molecule has 2 amide bonds. The van der Waals surface area contributed by atoms with Crippen molar-refractivity contribution in [1.82, 2.24) is 10.3 Å². The zero-order valence-corrected chi connectivity index (χ0v) is 12.4. The maximum absolute atomic E-state index is 12.7. The van der Waals surface area contributed by atoms with E-state index in [1.807, 2.05) is 19.1 Å². The van der Waals surface area contributed by atoms with Crippen molar-refractivity contribution in [2.45, 2.75) is 25.9 Å². The average Bonchev–Trinajstić information content (AvgIpc) is 2.99. The first-order valence-corrected chi connectivity index (χ1v) is 7.67. The molecule has 0 bridgehead atoms. The Hall–Kier alpha value is -2.21.